The van der Waals surface area contributed by atoms with Gasteiger partial charge in [-0.15, -0.1) is 0 Å². The lowest BCUT2D eigenvalue weighted by Crippen LogP contribution is -2.51. The Kier molecular flexibility index (Phi) is 6.90. The van der Waals surface area contributed by atoms with E-state index in [2.05, 4.69) is 38.7 Å². The summed E-state index contributed by atoms with van der Waals surface area (Å²) < 4.78 is 13.1. The molecule has 0 amide bonds. The molecule has 0 aromatic heterocycles. The number of hydrogen-bond acceptors (Lipinski definition) is 4. The lowest BCUT2D eigenvalue weighted by atomic mass is 10.0. The van der Waals surface area contributed by atoms with Crippen molar-refractivity contribution in [1.82, 2.24) is 14.7 Å². The van der Waals surface area contributed by atoms with Crippen molar-refractivity contribution in [2.75, 3.05) is 71.4 Å². The quantitative estimate of drug-likeness (QED) is 0.620. The Hall–Kier alpha value is -1.86. The molecule has 2 aliphatic rings. The van der Waals surface area contributed by atoms with Crippen LogP contribution in [0, 0.1) is 5.82 Å². The minimum absolute atomic E-state index is 0.195. The number of piperidine rings is 1. The maximum Gasteiger partial charge on any atom is 0.191 e. The predicted molar refractivity (Wildman–Crippen MR) is 110 cm³/mol. The summed E-state index contributed by atoms with van der Waals surface area (Å²) in [6.45, 7) is 7.48. The Balaban J connectivity index is 1.39. The number of halogens is 1. The molecule has 0 radical (unpaired) electrons. The largest absolute Gasteiger partial charge is 0.370 e. The van der Waals surface area contributed by atoms with Crippen molar-refractivity contribution in [3.8, 4) is 0 Å². The number of aliphatic imine (C=N–C) groups is 1. The number of hydrogen-bond donors (Lipinski definition) is 1. The third kappa shape index (κ3) is 5.56. The molecule has 2 aliphatic heterocycles. The molecule has 6 nitrogen and oxygen atoms in total. The lowest BCUT2D eigenvalue weighted by molar-refractivity contribution is 0.148. The molecule has 0 atom stereocenters. The van der Waals surface area contributed by atoms with E-state index in [9.17, 15) is 4.39 Å². The van der Waals surface area contributed by atoms with E-state index in [0.717, 1.165) is 58.0 Å². The molecule has 2 heterocycles. The predicted octanol–water partition coefficient (Wildman–Crippen LogP) is 1.29. The van der Waals surface area contributed by atoms with E-state index in [4.69, 9.17) is 5.73 Å². The molecule has 150 valence electrons. The summed E-state index contributed by atoms with van der Waals surface area (Å²) in [5.74, 6) is 0.455. The van der Waals surface area contributed by atoms with Gasteiger partial charge in [-0.25, -0.2) is 4.39 Å². The molecule has 0 bridgehead atoms. The Bertz CT molecular complexity index is 601. The average Bonchev–Trinajstić information content (AvgIpc) is 2.69. The normalized spacial score (nSPS) is 20.5. The third-order valence-corrected chi connectivity index (χ3v) is 5.77. The Morgan fingerprint density at radius 1 is 1.07 bits per heavy atom. The molecule has 0 saturated carbocycles. The van der Waals surface area contributed by atoms with Crippen LogP contribution in [0.25, 0.3) is 0 Å². The van der Waals surface area contributed by atoms with Crippen molar-refractivity contribution in [2.24, 2.45) is 10.7 Å². The molecular weight excluding hydrogens is 343 g/mol. The first-order valence-corrected chi connectivity index (χ1v) is 9.97. The van der Waals surface area contributed by atoms with Crippen molar-refractivity contribution >= 4 is 11.6 Å². The van der Waals surface area contributed by atoms with Gasteiger partial charge in [0.1, 0.15) is 5.82 Å². The number of piperazine rings is 1. The first-order valence-electron chi connectivity index (χ1n) is 9.97. The van der Waals surface area contributed by atoms with Crippen LogP contribution in [0.3, 0.4) is 0 Å². The average molecular weight is 377 g/mol. The van der Waals surface area contributed by atoms with Gasteiger partial charge in [0, 0.05) is 44.5 Å². The standard InChI is InChI=1S/C20H33FN6/c1-24(2)18-7-10-25(11-8-18)12-9-23-20(22)27-15-13-26(14-16-27)19-5-3-17(21)4-6-19/h3-6,18H,7-16H2,1-2H3,(H2,22,23). The third-order valence-electron chi connectivity index (χ3n) is 5.77. The second kappa shape index (κ2) is 9.37. The summed E-state index contributed by atoms with van der Waals surface area (Å²) in [4.78, 5) is 13.8. The fourth-order valence-electron chi connectivity index (χ4n) is 3.91. The highest BCUT2D eigenvalue weighted by molar-refractivity contribution is 5.78. The number of rotatable bonds is 5. The summed E-state index contributed by atoms with van der Waals surface area (Å²) in [5.41, 5.74) is 7.28. The molecule has 2 saturated heterocycles. The van der Waals surface area contributed by atoms with Crippen molar-refractivity contribution in [2.45, 2.75) is 18.9 Å². The topological polar surface area (TPSA) is 51.3 Å². The lowest BCUT2D eigenvalue weighted by Gasteiger charge is -2.37. The molecule has 1 aromatic rings. The van der Waals surface area contributed by atoms with Crippen LogP contribution in [0.5, 0.6) is 0 Å². The van der Waals surface area contributed by atoms with Crippen LogP contribution in [0.15, 0.2) is 29.3 Å². The van der Waals surface area contributed by atoms with Crippen LogP contribution < -0.4 is 10.6 Å². The number of likely N-dealkylation sites (tertiary alicyclic amines) is 1. The van der Waals surface area contributed by atoms with Gasteiger partial charge >= 0.3 is 0 Å². The van der Waals surface area contributed by atoms with Crippen LogP contribution in [-0.2, 0) is 0 Å². The van der Waals surface area contributed by atoms with Crippen LogP contribution in [0.2, 0.25) is 0 Å². The van der Waals surface area contributed by atoms with E-state index in [0.29, 0.717) is 12.0 Å². The highest BCUT2D eigenvalue weighted by Crippen LogP contribution is 2.17. The monoisotopic (exact) mass is 376 g/mol. The Labute approximate surface area is 162 Å². The summed E-state index contributed by atoms with van der Waals surface area (Å²) in [7, 11) is 4.34. The van der Waals surface area contributed by atoms with Gasteiger partial charge in [-0.3, -0.25) is 4.99 Å². The number of guanidine groups is 1. The van der Waals surface area contributed by atoms with Gasteiger partial charge < -0.3 is 25.3 Å². The molecule has 2 fully saturated rings. The minimum atomic E-state index is -0.195. The highest BCUT2D eigenvalue weighted by Gasteiger charge is 2.21. The molecule has 1 aromatic carbocycles. The van der Waals surface area contributed by atoms with Crippen LogP contribution in [-0.4, -0.2) is 93.2 Å². The van der Waals surface area contributed by atoms with Crippen LogP contribution in [0.1, 0.15) is 12.8 Å². The zero-order chi connectivity index (χ0) is 19.2. The van der Waals surface area contributed by atoms with E-state index in [1.54, 1.807) is 0 Å². The second-order valence-corrected chi connectivity index (χ2v) is 7.73. The second-order valence-electron chi connectivity index (χ2n) is 7.73. The maximum absolute atomic E-state index is 13.1. The molecule has 0 unspecified atom stereocenters. The molecule has 27 heavy (non-hydrogen) atoms. The SMILES string of the molecule is CN(C)C1CCN(CCN=C(N)N2CCN(c3ccc(F)cc3)CC2)CC1. The van der Waals surface area contributed by atoms with Crippen molar-refractivity contribution in [3.63, 3.8) is 0 Å². The van der Waals surface area contributed by atoms with E-state index in [-0.39, 0.29) is 5.82 Å². The minimum Gasteiger partial charge on any atom is -0.370 e. The van der Waals surface area contributed by atoms with Gasteiger partial charge in [0.05, 0.1) is 6.54 Å². The van der Waals surface area contributed by atoms with E-state index < -0.39 is 0 Å². The molecule has 0 spiro atoms. The maximum atomic E-state index is 13.1. The Morgan fingerprint density at radius 2 is 1.70 bits per heavy atom. The number of anilines is 1. The highest BCUT2D eigenvalue weighted by atomic mass is 19.1. The zero-order valence-corrected chi connectivity index (χ0v) is 16.6. The van der Waals surface area contributed by atoms with Gasteiger partial charge in [-0.2, -0.15) is 0 Å². The first-order chi connectivity index (χ1) is 13.0. The molecule has 7 heteroatoms. The number of benzene rings is 1. The van der Waals surface area contributed by atoms with Crippen molar-refractivity contribution < 1.29 is 4.39 Å². The van der Waals surface area contributed by atoms with Crippen LogP contribution >= 0.6 is 0 Å². The van der Waals surface area contributed by atoms with E-state index >= 15 is 0 Å². The smallest absolute Gasteiger partial charge is 0.191 e. The van der Waals surface area contributed by atoms with Crippen molar-refractivity contribution in [1.29, 1.82) is 0 Å². The summed E-state index contributed by atoms with van der Waals surface area (Å²) in [6.07, 6.45) is 2.47. The van der Waals surface area contributed by atoms with E-state index in [1.165, 1.54) is 25.0 Å². The molecular formula is C20H33FN6. The van der Waals surface area contributed by atoms with Gasteiger partial charge in [0.25, 0.3) is 0 Å². The van der Waals surface area contributed by atoms with Crippen molar-refractivity contribution in [3.05, 3.63) is 30.1 Å². The number of nitrogens with zero attached hydrogens (tertiary/aromatic N) is 5. The summed E-state index contributed by atoms with van der Waals surface area (Å²) in [6, 6.07) is 7.41. The van der Waals surface area contributed by atoms with E-state index in [1.807, 2.05) is 12.1 Å². The summed E-state index contributed by atoms with van der Waals surface area (Å²) in [5, 5.41) is 0. The zero-order valence-electron chi connectivity index (χ0n) is 16.6. The fourth-order valence-corrected chi connectivity index (χ4v) is 3.91. The molecule has 2 N–H and O–H groups in total. The van der Waals surface area contributed by atoms with Gasteiger partial charge in [-0.05, 0) is 64.3 Å². The first kappa shape index (κ1) is 19.9. The number of nitrogens with two attached hydrogens (primary N) is 1. The fraction of sp³-hybridized carbons (Fsp3) is 0.650. The van der Waals surface area contributed by atoms with Gasteiger partial charge in [0.15, 0.2) is 5.96 Å². The van der Waals surface area contributed by atoms with Gasteiger partial charge in [0.2, 0.25) is 0 Å². The molecule has 3 rings (SSSR count). The van der Waals surface area contributed by atoms with Crippen LogP contribution in [0.4, 0.5) is 10.1 Å². The summed E-state index contributed by atoms with van der Waals surface area (Å²) >= 11 is 0. The molecule has 0 aliphatic carbocycles. The Morgan fingerprint density at radius 3 is 2.30 bits per heavy atom. The van der Waals surface area contributed by atoms with Gasteiger partial charge in [-0.1, -0.05) is 0 Å².